The van der Waals surface area contributed by atoms with Crippen LogP contribution in [0.5, 0.6) is 0 Å². The third-order valence-electron chi connectivity index (χ3n) is 13.7. The van der Waals surface area contributed by atoms with Gasteiger partial charge in [0.2, 0.25) is 0 Å². The number of nitrogens with zero attached hydrogens (tertiary/aromatic N) is 2. The third-order valence-corrected chi connectivity index (χ3v) is 13.7. The van der Waals surface area contributed by atoms with Gasteiger partial charge in [0.05, 0.1) is 27.5 Å². The average molecular weight is 747 g/mol. The summed E-state index contributed by atoms with van der Waals surface area (Å²) in [7, 11) is 0. The molecule has 0 saturated carbocycles. The lowest BCUT2D eigenvalue weighted by Gasteiger charge is -2.31. The van der Waals surface area contributed by atoms with Gasteiger partial charge in [-0.25, -0.2) is 0 Å². The second kappa shape index (κ2) is 11.2. The highest BCUT2D eigenvalue weighted by molar-refractivity contribution is 6.18. The Bertz CT molecular complexity index is 3720. The van der Waals surface area contributed by atoms with Gasteiger partial charge in [-0.15, -0.1) is 0 Å². The SMILES string of the molecule is c1ccc(-n2c3ccccc3c3ccc(-c4ccc5c6ccccc6n(-c6ccc7c(c6)C6(c8ccccc8-7)c7cccc8ccc9cccc6c9c78)c5c4)cc32)cc1. The Morgan fingerprint density at radius 1 is 0.288 bits per heavy atom. The monoisotopic (exact) mass is 746 g/mol. The quantitative estimate of drug-likeness (QED) is 0.159. The molecule has 0 fully saturated rings. The van der Waals surface area contributed by atoms with Crippen molar-refractivity contribution in [3.63, 3.8) is 0 Å². The number of hydrogen-bond donors (Lipinski definition) is 0. The van der Waals surface area contributed by atoms with Gasteiger partial charge in [-0.3, -0.25) is 0 Å². The Morgan fingerprint density at radius 2 is 0.797 bits per heavy atom. The molecule has 10 aromatic carbocycles. The van der Waals surface area contributed by atoms with E-state index in [1.807, 2.05) is 0 Å². The Labute approximate surface area is 340 Å². The molecular weight excluding hydrogens is 713 g/mol. The maximum atomic E-state index is 2.52. The molecule has 12 aromatic rings. The van der Waals surface area contributed by atoms with E-state index in [1.165, 1.54) is 121 Å². The van der Waals surface area contributed by atoms with Gasteiger partial charge < -0.3 is 9.13 Å². The Morgan fingerprint density at radius 3 is 1.44 bits per heavy atom. The van der Waals surface area contributed by atoms with E-state index in [4.69, 9.17) is 0 Å². The molecule has 2 aliphatic rings. The molecule has 0 atom stereocenters. The van der Waals surface area contributed by atoms with Gasteiger partial charge >= 0.3 is 0 Å². The predicted molar refractivity (Wildman–Crippen MR) is 246 cm³/mol. The summed E-state index contributed by atoms with van der Waals surface area (Å²) in [4.78, 5) is 0. The van der Waals surface area contributed by atoms with Gasteiger partial charge in [0.1, 0.15) is 0 Å². The summed E-state index contributed by atoms with van der Waals surface area (Å²) in [5.74, 6) is 0. The van der Waals surface area contributed by atoms with E-state index in [1.54, 1.807) is 0 Å². The molecule has 2 heterocycles. The van der Waals surface area contributed by atoms with E-state index in [0.29, 0.717) is 0 Å². The predicted octanol–water partition coefficient (Wildman–Crippen LogP) is 14.5. The first-order valence-electron chi connectivity index (χ1n) is 20.6. The molecule has 2 aromatic heterocycles. The number of hydrogen-bond acceptors (Lipinski definition) is 0. The molecule has 0 N–H and O–H groups in total. The molecule has 0 saturated heterocycles. The lowest BCUT2D eigenvalue weighted by atomic mass is 9.70. The topological polar surface area (TPSA) is 9.86 Å². The van der Waals surface area contributed by atoms with Crippen LogP contribution in [0, 0.1) is 0 Å². The van der Waals surface area contributed by atoms with Gasteiger partial charge in [0.25, 0.3) is 0 Å². The number of para-hydroxylation sites is 3. The minimum absolute atomic E-state index is 0.415. The highest BCUT2D eigenvalue weighted by Gasteiger charge is 2.50. The number of benzene rings is 10. The highest BCUT2D eigenvalue weighted by atomic mass is 15.0. The second-order valence-electron chi connectivity index (χ2n) is 16.4. The van der Waals surface area contributed by atoms with E-state index >= 15 is 0 Å². The first-order valence-corrected chi connectivity index (χ1v) is 20.6. The van der Waals surface area contributed by atoms with Crippen molar-refractivity contribution in [2.24, 2.45) is 0 Å². The van der Waals surface area contributed by atoms with Gasteiger partial charge in [0, 0.05) is 32.9 Å². The summed E-state index contributed by atoms with van der Waals surface area (Å²) in [5, 5.41) is 10.4. The zero-order chi connectivity index (χ0) is 38.4. The summed E-state index contributed by atoms with van der Waals surface area (Å²) in [6.45, 7) is 0. The van der Waals surface area contributed by atoms with Crippen LogP contribution in [0.3, 0.4) is 0 Å². The van der Waals surface area contributed by atoms with Crippen LogP contribution in [0.25, 0.3) is 98.8 Å². The summed E-state index contributed by atoms with van der Waals surface area (Å²) >= 11 is 0. The lowest BCUT2D eigenvalue weighted by molar-refractivity contribution is 0.796. The van der Waals surface area contributed by atoms with Crippen molar-refractivity contribution >= 4 is 65.2 Å². The fourth-order valence-corrected chi connectivity index (χ4v) is 11.3. The van der Waals surface area contributed by atoms with Crippen LogP contribution in [0.15, 0.2) is 206 Å². The van der Waals surface area contributed by atoms with Crippen LogP contribution in [-0.4, -0.2) is 9.13 Å². The third kappa shape index (κ3) is 3.91. The normalized spacial score (nSPS) is 13.6. The molecule has 272 valence electrons. The number of fused-ring (bicyclic) bond motifs is 13. The van der Waals surface area contributed by atoms with E-state index in [2.05, 4.69) is 215 Å². The second-order valence-corrected chi connectivity index (χ2v) is 16.4. The molecule has 2 nitrogen and oxygen atoms in total. The maximum absolute atomic E-state index is 2.52. The van der Waals surface area contributed by atoms with Crippen LogP contribution in [0.4, 0.5) is 0 Å². The van der Waals surface area contributed by atoms with Crippen LogP contribution >= 0.6 is 0 Å². The number of aromatic nitrogens is 2. The van der Waals surface area contributed by atoms with Crippen molar-refractivity contribution in [1.29, 1.82) is 0 Å². The van der Waals surface area contributed by atoms with Gasteiger partial charge in [-0.2, -0.15) is 0 Å². The Kier molecular flexibility index (Phi) is 5.99. The van der Waals surface area contributed by atoms with E-state index in [-0.39, 0.29) is 0 Å². The molecular formula is C57H34N2. The molecule has 59 heavy (non-hydrogen) atoms. The highest BCUT2D eigenvalue weighted by Crippen LogP contribution is 2.62. The zero-order valence-electron chi connectivity index (χ0n) is 32.0. The molecule has 2 heteroatoms. The largest absolute Gasteiger partial charge is 0.309 e. The molecule has 2 aliphatic carbocycles. The standard InChI is InChI=1S/C57H34N2/c1-2-14-39(15-3-1)58-51-22-8-5-17-43(51)45-29-26-37(32-53(45)58)38-27-30-46-44-18-6-9-23-52(44)59(54(46)33-38)40-28-31-42-41-16-4-7-19-47(41)57(50(42)34-40)48-20-10-12-35-24-25-36-13-11-21-49(57)56(36)55(35)48/h1-34H. The smallest absolute Gasteiger partial charge is 0.0726 e. The van der Waals surface area contributed by atoms with Crippen molar-refractivity contribution in [3.05, 3.63) is 229 Å². The van der Waals surface area contributed by atoms with Crippen LogP contribution in [0.1, 0.15) is 22.3 Å². The summed E-state index contributed by atoms with van der Waals surface area (Å²) in [6, 6.07) is 77.3. The fraction of sp³-hybridized carbons (Fsp3) is 0.0175. The minimum atomic E-state index is -0.415. The minimum Gasteiger partial charge on any atom is -0.309 e. The summed E-state index contributed by atoms with van der Waals surface area (Å²) in [6.07, 6.45) is 0. The molecule has 0 amide bonds. The first-order chi connectivity index (χ1) is 29.3. The molecule has 0 bridgehead atoms. The van der Waals surface area contributed by atoms with Gasteiger partial charge in [0.15, 0.2) is 0 Å². The van der Waals surface area contributed by atoms with E-state index in [0.717, 1.165) is 0 Å². The summed E-state index contributed by atoms with van der Waals surface area (Å²) in [5.41, 5.74) is 17.3. The summed E-state index contributed by atoms with van der Waals surface area (Å²) < 4.78 is 4.91. The van der Waals surface area contributed by atoms with E-state index in [9.17, 15) is 0 Å². The van der Waals surface area contributed by atoms with Gasteiger partial charge in [-0.05, 0) is 115 Å². The molecule has 1 spiro atoms. The number of rotatable bonds is 3. The van der Waals surface area contributed by atoms with Crippen molar-refractivity contribution in [1.82, 2.24) is 9.13 Å². The van der Waals surface area contributed by atoms with Crippen molar-refractivity contribution < 1.29 is 0 Å². The fourth-order valence-electron chi connectivity index (χ4n) is 11.3. The van der Waals surface area contributed by atoms with Crippen molar-refractivity contribution in [2.75, 3.05) is 0 Å². The molecule has 0 radical (unpaired) electrons. The van der Waals surface area contributed by atoms with Crippen LogP contribution in [-0.2, 0) is 5.41 Å². The van der Waals surface area contributed by atoms with Gasteiger partial charge in [-0.1, -0.05) is 158 Å². The van der Waals surface area contributed by atoms with Crippen LogP contribution in [0.2, 0.25) is 0 Å². The molecule has 0 unspecified atom stereocenters. The maximum Gasteiger partial charge on any atom is 0.0726 e. The van der Waals surface area contributed by atoms with Crippen molar-refractivity contribution in [3.8, 4) is 33.6 Å². The average Bonchev–Trinajstić information content (AvgIpc) is 4.00. The zero-order valence-corrected chi connectivity index (χ0v) is 32.0. The molecule has 0 aliphatic heterocycles. The van der Waals surface area contributed by atoms with Crippen molar-refractivity contribution in [2.45, 2.75) is 5.41 Å². The first kappa shape index (κ1) is 31.4. The molecule has 14 rings (SSSR count). The Hall–Kier alpha value is -7.68. The lowest BCUT2D eigenvalue weighted by Crippen LogP contribution is -2.26. The Balaban J connectivity index is 1.02. The van der Waals surface area contributed by atoms with Crippen LogP contribution < -0.4 is 0 Å². The van der Waals surface area contributed by atoms with E-state index < -0.39 is 5.41 Å².